The van der Waals surface area contributed by atoms with Gasteiger partial charge in [0, 0.05) is 24.8 Å². The Kier molecular flexibility index (Phi) is 5.74. The zero-order chi connectivity index (χ0) is 22.0. The monoisotopic (exact) mass is 421 g/mol. The minimum Gasteiger partial charge on any atom is -0.506 e. The molecule has 0 radical (unpaired) electrons. The van der Waals surface area contributed by atoms with Gasteiger partial charge in [0.05, 0.1) is 25.9 Å². The van der Waals surface area contributed by atoms with Crippen molar-refractivity contribution < 1.29 is 24.1 Å². The van der Waals surface area contributed by atoms with Crippen LogP contribution in [0.1, 0.15) is 35.3 Å². The number of rotatable bonds is 5. The third-order valence-corrected chi connectivity index (χ3v) is 5.43. The fourth-order valence-corrected chi connectivity index (χ4v) is 3.79. The van der Waals surface area contributed by atoms with Gasteiger partial charge in [0.1, 0.15) is 28.4 Å². The molecule has 0 saturated carbocycles. The smallest absolute Gasteiger partial charge is 0.193 e. The van der Waals surface area contributed by atoms with Crippen LogP contribution in [0.4, 0.5) is 5.69 Å². The van der Waals surface area contributed by atoms with Gasteiger partial charge in [0.15, 0.2) is 5.78 Å². The van der Waals surface area contributed by atoms with Crippen LogP contribution >= 0.6 is 0 Å². The van der Waals surface area contributed by atoms with Gasteiger partial charge in [0.2, 0.25) is 0 Å². The van der Waals surface area contributed by atoms with E-state index in [-0.39, 0.29) is 22.8 Å². The Labute approximate surface area is 182 Å². The molecule has 31 heavy (non-hydrogen) atoms. The molecule has 2 aromatic rings. The lowest BCUT2D eigenvalue weighted by Crippen LogP contribution is -2.36. The molecule has 2 aromatic carbocycles. The van der Waals surface area contributed by atoms with Crippen LogP contribution in [0.15, 0.2) is 42.5 Å². The molecule has 0 bridgehead atoms. The van der Waals surface area contributed by atoms with Crippen LogP contribution in [-0.2, 0) is 4.74 Å². The predicted molar refractivity (Wildman–Crippen MR) is 121 cm³/mol. The fraction of sp³-hybridized carbons (Fsp3) is 0.320. The lowest BCUT2D eigenvalue weighted by atomic mass is 9.97. The number of nitrogens with zero attached hydrogens (tertiary/aromatic N) is 1. The van der Waals surface area contributed by atoms with Crippen LogP contribution < -0.4 is 14.4 Å². The second-order valence-electron chi connectivity index (χ2n) is 8.15. The van der Waals surface area contributed by atoms with Crippen molar-refractivity contribution in [1.82, 2.24) is 0 Å². The Hall–Kier alpha value is -3.25. The first-order valence-electron chi connectivity index (χ1n) is 10.4. The number of hydrogen-bond acceptors (Lipinski definition) is 6. The molecule has 0 unspecified atom stereocenters. The first-order valence-corrected chi connectivity index (χ1v) is 10.4. The minimum atomic E-state index is -0.499. The molecule has 0 spiro atoms. The number of allylic oxidation sites excluding steroid dienone is 1. The summed E-state index contributed by atoms with van der Waals surface area (Å²) in [6.45, 7) is 6.96. The fourth-order valence-electron chi connectivity index (χ4n) is 3.79. The average molecular weight is 421 g/mol. The summed E-state index contributed by atoms with van der Waals surface area (Å²) in [5, 5.41) is 10.8. The molecular formula is C25H27NO5. The molecular weight excluding hydrogens is 394 g/mol. The standard InChI is InChI=1S/C25H27NO5/c1-25(2)10-9-19-21(31-25)16-22(29-3)23(24(19)28)20(27)8-7-17-5-4-6-18(15-17)26-11-13-30-14-12-26/h4-10,15-16,28H,11-14H2,1-3H3/b8-7+. The summed E-state index contributed by atoms with van der Waals surface area (Å²) in [6.07, 6.45) is 6.84. The van der Waals surface area contributed by atoms with Gasteiger partial charge in [-0.2, -0.15) is 0 Å². The molecule has 4 rings (SSSR count). The van der Waals surface area contributed by atoms with Gasteiger partial charge in [0.25, 0.3) is 0 Å². The molecule has 6 nitrogen and oxygen atoms in total. The summed E-state index contributed by atoms with van der Waals surface area (Å²) in [5.41, 5.74) is 2.10. The molecule has 2 aliphatic heterocycles. The van der Waals surface area contributed by atoms with Gasteiger partial charge in [-0.05, 0) is 49.8 Å². The summed E-state index contributed by atoms with van der Waals surface area (Å²) in [5.74, 6) is 0.282. The van der Waals surface area contributed by atoms with E-state index >= 15 is 0 Å². The number of aromatic hydroxyl groups is 1. The van der Waals surface area contributed by atoms with Crippen LogP contribution in [0.2, 0.25) is 0 Å². The topological polar surface area (TPSA) is 68.2 Å². The lowest BCUT2D eigenvalue weighted by Gasteiger charge is -2.29. The number of fused-ring (bicyclic) bond motifs is 1. The van der Waals surface area contributed by atoms with Crippen molar-refractivity contribution >= 4 is 23.6 Å². The summed E-state index contributed by atoms with van der Waals surface area (Å²) >= 11 is 0. The minimum absolute atomic E-state index is 0.120. The molecule has 1 fully saturated rings. The largest absolute Gasteiger partial charge is 0.506 e. The Morgan fingerprint density at radius 1 is 1.23 bits per heavy atom. The Balaban J connectivity index is 1.61. The number of carbonyl (C=O) groups excluding carboxylic acids is 1. The molecule has 0 aromatic heterocycles. The van der Waals surface area contributed by atoms with E-state index in [0.717, 1.165) is 24.3 Å². The molecule has 0 atom stereocenters. The van der Waals surface area contributed by atoms with Gasteiger partial charge in [-0.1, -0.05) is 18.2 Å². The van der Waals surface area contributed by atoms with E-state index in [4.69, 9.17) is 14.2 Å². The number of methoxy groups -OCH3 is 1. The number of anilines is 1. The highest BCUT2D eigenvalue weighted by atomic mass is 16.5. The predicted octanol–water partition coefficient (Wildman–Crippen LogP) is 4.32. The van der Waals surface area contributed by atoms with Crippen LogP contribution in [0, 0.1) is 0 Å². The van der Waals surface area contributed by atoms with Crippen molar-refractivity contribution in [2.75, 3.05) is 38.3 Å². The third-order valence-electron chi connectivity index (χ3n) is 5.43. The maximum atomic E-state index is 13.0. The number of carbonyl (C=O) groups is 1. The van der Waals surface area contributed by atoms with Gasteiger partial charge >= 0.3 is 0 Å². The maximum absolute atomic E-state index is 13.0. The first kappa shape index (κ1) is 21.0. The maximum Gasteiger partial charge on any atom is 0.193 e. The molecule has 6 heteroatoms. The lowest BCUT2D eigenvalue weighted by molar-refractivity contribution is 0.104. The van der Waals surface area contributed by atoms with Crippen molar-refractivity contribution in [2.24, 2.45) is 0 Å². The van der Waals surface area contributed by atoms with E-state index in [1.165, 1.54) is 13.2 Å². The van der Waals surface area contributed by atoms with E-state index in [1.807, 2.05) is 38.1 Å². The highest BCUT2D eigenvalue weighted by molar-refractivity contribution is 6.11. The van der Waals surface area contributed by atoms with Gasteiger partial charge < -0.3 is 24.2 Å². The van der Waals surface area contributed by atoms with Crippen molar-refractivity contribution in [2.45, 2.75) is 19.4 Å². The number of ether oxygens (including phenoxy) is 3. The second-order valence-corrected chi connectivity index (χ2v) is 8.15. The molecule has 1 saturated heterocycles. The van der Waals surface area contributed by atoms with E-state index in [9.17, 15) is 9.90 Å². The summed E-state index contributed by atoms with van der Waals surface area (Å²) in [4.78, 5) is 15.3. The van der Waals surface area contributed by atoms with Crippen molar-refractivity contribution in [3.8, 4) is 17.2 Å². The number of phenolic OH excluding ortho intramolecular Hbond substituents is 1. The number of benzene rings is 2. The van der Waals surface area contributed by atoms with Crippen molar-refractivity contribution in [3.05, 3.63) is 59.2 Å². The normalized spacial score (nSPS) is 17.3. The summed E-state index contributed by atoms with van der Waals surface area (Å²) in [7, 11) is 1.47. The van der Waals surface area contributed by atoms with E-state index in [2.05, 4.69) is 11.0 Å². The Morgan fingerprint density at radius 2 is 2.00 bits per heavy atom. The van der Waals surface area contributed by atoms with E-state index in [1.54, 1.807) is 18.2 Å². The summed E-state index contributed by atoms with van der Waals surface area (Å²) < 4.78 is 16.7. The van der Waals surface area contributed by atoms with Crippen molar-refractivity contribution in [1.29, 1.82) is 0 Å². The summed E-state index contributed by atoms with van der Waals surface area (Å²) in [6, 6.07) is 9.65. The molecule has 162 valence electrons. The second kappa shape index (κ2) is 8.47. The first-order chi connectivity index (χ1) is 14.9. The van der Waals surface area contributed by atoms with Crippen LogP contribution in [-0.4, -0.2) is 49.9 Å². The van der Waals surface area contributed by atoms with Gasteiger partial charge in [-0.3, -0.25) is 4.79 Å². The Morgan fingerprint density at radius 3 is 2.74 bits per heavy atom. The highest BCUT2D eigenvalue weighted by Crippen LogP contribution is 2.43. The Bertz CT molecular complexity index is 1050. The number of ketones is 1. The average Bonchev–Trinajstić information content (AvgIpc) is 2.77. The van der Waals surface area contributed by atoms with Crippen molar-refractivity contribution in [3.63, 3.8) is 0 Å². The number of phenols is 1. The van der Waals surface area contributed by atoms with Gasteiger partial charge in [-0.15, -0.1) is 0 Å². The zero-order valence-corrected chi connectivity index (χ0v) is 18.1. The molecule has 2 heterocycles. The third kappa shape index (κ3) is 4.44. The molecule has 2 aliphatic rings. The quantitative estimate of drug-likeness (QED) is 0.573. The molecule has 0 amide bonds. The van der Waals surface area contributed by atoms with Gasteiger partial charge in [-0.25, -0.2) is 0 Å². The zero-order valence-electron chi connectivity index (χ0n) is 18.1. The van der Waals surface area contributed by atoms with Crippen LogP contribution in [0.5, 0.6) is 17.2 Å². The highest BCUT2D eigenvalue weighted by Gasteiger charge is 2.28. The number of hydrogen-bond donors (Lipinski definition) is 1. The van der Waals surface area contributed by atoms with Crippen LogP contribution in [0.3, 0.4) is 0 Å². The SMILES string of the molecule is COc1cc2c(c(O)c1C(=O)/C=C/c1cccc(N3CCOCC3)c1)C=CC(C)(C)O2. The number of morpholine rings is 1. The van der Waals surface area contributed by atoms with E-state index in [0.29, 0.717) is 24.5 Å². The molecule has 1 N–H and O–H groups in total. The van der Waals surface area contributed by atoms with E-state index < -0.39 is 5.60 Å². The molecule has 0 aliphatic carbocycles. The van der Waals surface area contributed by atoms with Crippen LogP contribution in [0.25, 0.3) is 12.2 Å².